The van der Waals surface area contributed by atoms with Gasteiger partial charge in [-0.25, -0.2) is 4.98 Å². The number of allylic oxidation sites excluding steroid dienone is 1. The summed E-state index contributed by atoms with van der Waals surface area (Å²) in [6.07, 6.45) is 3.29. The third-order valence-corrected chi connectivity index (χ3v) is 3.18. The molecule has 1 amide bonds. The van der Waals surface area contributed by atoms with E-state index in [1.807, 2.05) is 0 Å². The number of aromatic nitrogens is 1. The second kappa shape index (κ2) is 7.05. The van der Waals surface area contributed by atoms with Gasteiger partial charge in [0.25, 0.3) is 5.91 Å². The first-order chi connectivity index (χ1) is 10.1. The summed E-state index contributed by atoms with van der Waals surface area (Å²) in [4.78, 5) is 15.0. The molecule has 1 aliphatic heterocycles. The molecule has 0 spiro atoms. The third-order valence-electron chi connectivity index (χ3n) is 2.80. The van der Waals surface area contributed by atoms with Crippen LogP contribution in [-0.2, 0) is 4.79 Å². The summed E-state index contributed by atoms with van der Waals surface area (Å²) < 4.78 is 10.9. The number of hydrogen-bond donors (Lipinski definition) is 3. The Kier molecular flexibility index (Phi) is 5.13. The van der Waals surface area contributed by atoms with Crippen molar-refractivity contribution in [2.75, 3.05) is 13.1 Å². The number of rotatable bonds is 6. The summed E-state index contributed by atoms with van der Waals surface area (Å²) in [5, 5.41) is 10.0. The number of primary amides is 1. The maximum atomic E-state index is 10.9. The number of nitrogens with one attached hydrogen (secondary N) is 2. The molecule has 112 valence electrons. The Morgan fingerprint density at radius 2 is 2.38 bits per heavy atom. The van der Waals surface area contributed by atoms with Crippen molar-refractivity contribution in [2.45, 2.75) is 12.5 Å². The molecule has 7 nitrogen and oxygen atoms in total. The van der Waals surface area contributed by atoms with Crippen molar-refractivity contribution in [3.05, 3.63) is 29.1 Å². The molecule has 1 fully saturated rings. The highest BCUT2D eigenvalue weighted by molar-refractivity contribution is 6.43. The second-order valence-corrected chi connectivity index (χ2v) is 4.73. The van der Waals surface area contributed by atoms with Crippen molar-refractivity contribution in [1.82, 2.24) is 10.3 Å². The molecule has 0 bridgehead atoms. The zero-order valence-electron chi connectivity index (χ0n) is 11.1. The van der Waals surface area contributed by atoms with Crippen LogP contribution in [0, 0.1) is 5.41 Å². The van der Waals surface area contributed by atoms with Gasteiger partial charge in [-0.1, -0.05) is 11.6 Å². The molecule has 2 heterocycles. The van der Waals surface area contributed by atoms with Gasteiger partial charge < -0.3 is 25.9 Å². The predicted molar refractivity (Wildman–Crippen MR) is 77.6 cm³/mol. The lowest BCUT2D eigenvalue weighted by Gasteiger charge is -2.12. The largest absolute Gasteiger partial charge is 0.473 e. The number of nitrogens with two attached hydrogens (primary N) is 1. The standard InChI is InChI=1S/C13H15ClN4O3/c14-12(13(16)19)10(5-15)20-8-1-2-11(18-7-8)21-9-3-4-17-6-9/h1-2,5,7,9,15,17H,3-4,6H2,(H2,16,19)/b12-10-,15-5?/t9-/m0/s1. The van der Waals surface area contributed by atoms with Gasteiger partial charge in [-0.15, -0.1) is 0 Å². The number of halogens is 1. The zero-order valence-corrected chi connectivity index (χ0v) is 11.9. The van der Waals surface area contributed by atoms with Crippen molar-refractivity contribution in [3.63, 3.8) is 0 Å². The topological polar surface area (TPSA) is 110 Å². The first-order valence-electron chi connectivity index (χ1n) is 6.31. The molecule has 0 saturated carbocycles. The quantitative estimate of drug-likeness (QED) is 0.409. The van der Waals surface area contributed by atoms with Gasteiger partial charge in [-0.05, 0) is 19.0 Å². The normalized spacial score (nSPS) is 18.8. The fourth-order valence-corrected chi connectivity index (χ4v) is 1.88. The van der Waals surface area contributed by atoms with Gasteiger partial charge in [-0.3, -0.25) is 4.79 Å². The summed E-state index contributed by atoms with van der Waals surface area (Å²) in [5.74, 6) is -0.196. The van der Waals surface area contributed by atoms with Crippen LogP contribution in [0.1, 0.15) is 6.42 Å². The van der Waals surface area contributed by atoms with Crippen molar-refractivity contribution in [1.29, 1.82) is 5.41 Å². The van der Waals surface area contributed by atoms with Crippen LogP contribution < -0.4 is 20.5 Å². The minimum atomic E-state index is -0.864. The van der Waals surface area contributed by atoms with Gasteiger partial charge in [0.1, 0.15) is 16.9 Å². The lowest BCUT2D eigenvalue weighted by molar-refractivity contribution is -0.114. The molecule has 21 heavy (non-hydrogen) atoms. The van der Waals surface area contributed by atoms with E-state index in [-0.39, 0.29) is 16.9 Å². The van der Waals surface area contributed by atoms with E-state index in [1.165, 1.54) is 6.20 Å². The van der Waals surface area contributed by atoms with Gasteiger partial charge >= 0.3 is 0 Å². The minimum Gasteiger partial charge on any atom is -0.473 e. The molecular formula is C13H15ClN4O3. The van der Waals surface area contributed by atoms with Crippen LogP contribution in [0.25, 0.3) is 0 Å². The Bertz CT molecular complexity index is 553. The summed E-state index contributed by atoms with van der Waals surface area (Å²) in [7, 11) is 0. The third kappa shape index (κ3) is 4.17. The van der Waals surface area contributed by atoms with Crippen molar-refractivity contribution in [2.24, 2.45) is 5.73 Å². The van der Waals surface area contributed by atoms with E-state index in [1.54, 1.807) is 12.1 Å². The number of hydrogen-bond acceptors (Lipinski definition) is 6. The molecule has 0 radical (unpaired) electrons. The highest BCUT2D eigenvalue weighted by Crippen LogP contribution is 2.19. The van der Waals surface area contributed by atoms with Gasteiger partial charge in [0, 0.05) is 12.6 Å². The van der Waals surface area contributed by atoms with E-state index in [4.69, 9.17) is 32.2 Å². The Labute approximate surface area is 126 Å². The first kappa shape index (κ1) is 15.3. The van der Waals surface area contributed by atoms with Gasteiger partial charge in [-0.2, -0.15) is 0 Å². The van der Waals surface area contributed by atoms with E-state index in [9.17, 15) is 4.79 Å². The predicted octanol–water partition coefficient (Wildman–Crippen LogP) is 0.786. The molecule has 0 unspecified atom stereocenters. The van der Waals surface area contributed by atoms with Crippen LogP contribution in [0.5, 0.6) is 11.6 Å². The summed E-state index contributed by atoms with van der Waals surface area (Å²) in [5.41, 5.74) is 5.03. The van der Waals surface area contributed by atoms with Crippen molar-refractivity contribution >= 4 is 23.7 Å². The number of amides is 1. The number of carbonyl (C=O) groups excluding carboxylic acids is 1. The summed E-state index contributed by atoms with van der Waals surface area (Å²) in [6, 6.07) is 3.26. The van der Waals surface area contributed by atoms with E-state index in [2.05, 4.69) is 10.3 Å². The molecule has 1 saturated heterocycles. The minimum absolute atomic E-state index is 0.116. The summed E-state index contributed by atoms with van der Waals surface area (Å²) in [6.45, 7) is 1.74. The number of ether oxygens (including phenoxy) is 2. The molecule has 2 rings (SSSR count). The highest BCUT2D eigenvalue weighted by atomic mass is 35.5. The average Bonchev–Trinajstić information content (AvgIpc) is 2.98. The smallest absolute Gasteiger partial charge is 0.264 e. The Hall–Kier alpha value is -2.12. The fourth-order valence-electron chi connectivity index (χ4n) is 1.78. The van der Waals surface area contributed by atoms with E-state index in [0.29, 0.717) is 11.6 Å². The van der Waals surface area contributed by atoms with E-state index < -0.39 is 5.91 Å². The Morgan fingerprint density at radius 3 is 2.90 bits per heavy atom. The first-order valence-corrected chi connectivity index (χ1v) is 6.69. The Balaban J connectivity index is 2.03. The molecule has 1 atom stereocenters. The van der Waals surface area contributed by atoms with Crippen molar-refractivity contribution < 1.29 is 14.3 Å². The number of nitrogens with zero attached hydrogens (tertiary/aromatic N) is 1. The lowest BCUT2D eigenvalue weighted by atomic mass is 10.3. The summed E-state index contributed by atoms with van der Waals surface area (Å²) >= 11 is 5.65. The maximum Gasteiger partial charge on any atom is 0.264 e. The second-order valence-electron chi connectivity index (χ2n) is 4.35. The zero-order chi connectivity index (χ0) is 15.2. The molecule has 1 aromatic heterocycles. The maximum absolute atomic E-state index is 10.9. The van der Waals surface area contributed by atoms with Crippen LogP contribution in [0.4, 0.5) is 0 Å². The molecule has 1 aromatic rings. The van der Waals surface area contributed by atoms with Crippen LogP contribution in [0.3, 0.4) is 0 Å². The van der Waals surface area contributed by atoms with Crippen LogP contribution in [-0.4, -0.2) is 36.3 Å². The highest BCUT2D eigenvalue weighted by Gasteiger charge is 2.16. The molecule has 8 heteroatoms. The SMILES string of the molecule is N=C/C(Oc1ccc(O[C@H]2CCNC2)nc1)=C(/Cl)C(N)=O. The monoisotopic (exact) mass is 310 g/mol. The molecule has 1 aliphatic rings. The average molecular weight is 311 g/mol. The van der Waals surface area contributed by atoms with Gasteiger partial charge in [0.05, 0.1) is 12.4 Å². The Morgan fingerprint density at radius 1 is 1.57 bits per heavy atom. The molecule has 0 aromatic carbocycles. The molecule has 0 aliphatic carbocycles. The van der Waals surface area contributed by atoms with Gasteiger partial charge in [0.15, 0.2) is 5.76 Å². The fraction of sp³-hybridized carbons (Fsp3) is 0.308. The van der Waals surface area contributed by atoms with Gasteiger partial charge in [0.2, 0.25) is 5.88 Å². The number of pyridine rings is 1. The lowest BCUT2D eigenvalue weighted by Crippen LogP contribution is -2.20. The van der Waals surface area contributed by atoms with E-state index in [0.717, 1.165) is 25.7 Å². The molecular weight excluding hydrogens is 296 g/mol. The van der Waals surface area contributed by atoms with E-state index >= 15 is 0 Å². The molecule has 4 N–H and O–H groups in total. The van der Waals surface area contributed by atoms with Crippen LogP contribution in [0.2, 0.25) is 0 Å². The number of carbonyl (C=O) groups is 1. The van der Waals surface area contributed by atoms with Crippen LogP contribution >= 0.6 is 11.6 Å². The van der Waals surface area contributed by atoms with Crippen LogP contribution in [0.15, 0.2) is 29.1 Å². The van der Waals surface area contributed by atoms with Crippen molar-refractivity contribution in [3.8, 4) is 11.6 Å².